The quantitative estimate of drug-likeness (QED) is 0.0597. The van der Waals surface area contributed by atoms with Crippen molar-refractivity contribution >= 4 is 43.4 Å². The minimum Gasteiger partial charge on any atom is -0.461 e. The van der Waals surface area contributed by atoms with E-state index in [0.717, 1.165) is 48.4 Å². The Labute approximate surface area is 324 Å². The summed E-state index contributed by atoms with van der Waals surface area (Å²) in [5.74, 6) is -1.14. The van der Waals surface area contributed by atoms with Crippen molar-refractivity contribution in [2.45, 2.75) is 175 Å². The maximum Gasteiger partial charge on any atom is 0.306 e. The molecule has 3 rings (SSSR count). The molecule has 2 aliphatic heterocycles. The Kier molecular flexibility index (Phi) is 16.5. The third-order valence-corrected chi connectivity index (χ3v) is 17.1. The number of amides is 1. The second-order valence-electron chi connectivity index (χ2n) is 17.8. The normalized spacial score (nSPS) is 29.3. The zero-order valence-electron chi connectivity index (χ0n) is 34.9. The number of aryl methyl sites for hydroxylation is 1. The van der Waals surface area contributed by atoms with Crippen molar-refractivity contribution in [1.29, 1.82) is 0 Å². The number of epoxide rings is 1. The van der Waals surface area contributed by atoms with Gasteiger partial charge in [-0.05, 0) is 96.0 Å². The molecule has 3 N–H and O–H groups in total. The molecule has 11 nitrogen and oxygen atoms in total. The van der Waals surface area contributed by atoms with Gasteiger partial charge in [0.1, 0.15) is 11.9 Å². The Morgan fingerprint density at radius 3 is 2.49 bits per heavy atom. The van der Waals surface area contributed by atoms with Gasteiger partial charge in [0, 0.05) is 30.7 Å². The topological polar surface area (TPSA) is 140 Å². The van der Waals surface area contributed by atoms with Gasteiger partial charge in [0.15, 0.2) is 8.32 Å². The number of nitrogens with zero attached hydrogens (tertiary/aromatic N) is 1. The van der Waals surface area contributed by atoms with Gasteiger partial charge in [-0.15, -0.1) is 16.9 Å². The molecule has 1 amide bonds. The van der Waals surface area contributed by atoms with Gasteiger partial charge in [-0.2, -0.15) is 0 Å². The molecule has 3 heterocycles. The van der Waals surface area contributed by atoms with E-state index in [1.165, 1.54) is 7.11 Å². The van der Waals surface area contributed by atoms with Crippen molar-refractivity contribution in [2.24, 2.45) is 17.3 Å². The molecule has 13 heteroatoms. The van der Waals surface area contributed by atoms with E-state index in [4.69, 9.17) is 18.7 Å². The van der Waals surface area contributed by atoms with Gasteiger partial charge in [-0.3, -0.25) is 19.2 Å². The molecule has 7 atom stereocenters. The number of carbonyl (C=O) groups excluding carboxylic acids is 3. The summed E-state index contributed by atoms with van der Waals surface area (Å²) in [5.41, 5.74) is 5.89. The fraction of sp³-hybridized carbons (Fsp3) is 0.800. The van der Waals surface area contributed by atoms with Crippen LogP contribution in [0.15, 0.2) is 11.0 Å². The standard InChI is InChI=1S/C40H70N4O7SSi/c1-26-18-17-20-40(10)33(50-40)23-31(27(2)22-30-25-52-29(4)42-30)43-34(45)24-32(49-35(46)19-15-14-16-21-41-44-48-11)39(8,9)37(47)28(3)36(26)51-53(12,13)38(5,6)7/h22,25-26,28,31-33,36,41,44H,14-21,23-24H2,1-13H3,(H,43,45)/b27-22+/t26-,28+,31-,32-,33-,36-,40+/m0/s1. The number of aromatic nitrogens is 1. The number of unbranched alkanes of at least 4 members (excludes halogenated alkanes) is 2. The summed E-state index contributed by atoms with van der Waals surface area (Å²) < 4.78 is 19.6. The molecule has 2 aliphatic rings. The maximum absolute atomic E-state index is 14.8. The Bertz CT molecular complexity index is 1410. The van der Waals surface area contributed by atoms with E-state index in [0.29, 0.717) is 19.4 Å². The number of thiazole rings is 1. The molecule has 302 valence electrons. The van der Waals surface area contributed by atoms with Crippen LogP contribution < -0.4 is 16.3 Å². The van der Waals surface area contributed by atoms with Gasteiger partial charge in [-0.25, -0.2) is 10.4 Å². The molecule has 0 saturated carbocycles. The summed E-state index contributed by atoms with van der Waals surface area (Å²) >= 11 is 1.58. The predicted molar refractivity (Wildman–Crippen MR) is 214 cm³/mol. The molecule has 0 aromatic carbocycles. The fourth-order valence-corrected chi connectivity index (χ4v) is 9.13. The molecular weight excluding hydrogens is 709 g/mol. The Balaban J connectivity index is 1.96. The molecule has 0 radical (unpaired) electrons. The zero-order chi connectivity index (χ0) is 39.8. The van der Waals surface area contributed by atoms with Gasteiger partial charge >= 0.3 is 5.97 Å². The van der Waals surface area contributed by atoms with Crippen molar-refractivity contribution < 1.29 is 33.1 Å². The number of ether oxygens (including phenoxy) is 2. The van der Waals surface area contributed by atoms with Crippen LogP contribution in [-0.4, -0.2) is 74.6 Å². The first-order valence-corrected chi connectivity index (χ1v) is 23.4. The molecule has 0 unspecified atom stereocenters. The van der Waals surface area contributed by atoms with Crippen LogP contribution in [0.4, 0.5) is 0 Å². The summed E-state index contributed by atoms with van der Waals surface area (Å²) in [4.78, 5) is 51.7. The highest BCUT2D eigenvalue weighted by Crippen LogP contribution is 2.46. The second-order valence-corrected chi connectivity index (χ2v) is 23.6. The minimum absolute atomic E-state index is 0.0122. The van der Waals surface area contributed by atoms with Crippen molar-refractivity contribution in [1.82, 2.24) is 21.3 Å². The molecule has 53 heavy (non-hydrogen) atoms. The number of hydrogen-bond donors (Lipinski definition) is 3. The first-order chi connectivity index (χ1) is 24.6. The van der Waals surface area contributed by atoms with E-state index >= 15 is 0 Å². The molecule has 0 bridgehead atoms. The molecule has 2 saturated heterocycles. The Morgan fingerprint density at radius 2 is 1.87 bits per heavy atom. The first kappa shape index (κ1) is 45.4. The maximum atomic E-state index is 14.8. The lowest BCUT2D eigenvalue weighted by atomic mass is 9.72. The van der Waals surface area contributed by atoms with Crippen molar-refractivity contribution in [3.8, 4) is 0 Å². The van der Waals surface area contributed by atoms with Crippen molar-refractivity contribution in [3.05, 3.63) is 21.7 Å². The van der Waals surface area contributed by atoms with E-state index in [1.54, 1.807) is 11.3 Å². The van der Waals surface area contributed by atoms with E-state index in [1.807, 2.05) is 46.1 Å². The van der Waals surface area contributed by atoms with Crippen LogP contribution in [0.5, 0.6) is 0 Å². The summed E-state index contributed by atoms with van der Waals surface area (Å²) in [6, 6.07) is -0.319. The number of hydrogen-bond acceptors (Lipinski definition) is 11. The SMILES string of the molecule is CONNCCCCCC(=O)O[C@H]1CC(=O)N[C@H](/C(C)=C/c2csc(C)n2)C[C@@H]2O[C@]2(C)CCC[C@H](C)[C@H](O[Si](C)(C)C(C)(C)C)[C@@H](C)C(=O)C1(C)C. The largest absolute Gasteiger partial charge is 0.461 e. The summed E-state index contributed by atoms with van der Waals surface area (Å²) in [6.07, 6.45) is 6.34. The molecule has 1 aromatic rings. The lowest BCUT2D eigenvalue weighted by Crippen LogP contribution is -2.52. The van der Waals surface area contributed by atoms with Crippen molar-refractivity contribution in [3.63, 3.8) is 0 Å². The average molecular weight is 779 g/mol. The number of rotatable bonds is 13. The number of esters is 1. The smallest absolute Gasteiger partial charge is 0.306 e. The Morgan fingerprint density at radius 1 is 1.17 bits per heavy atom. The van der Waals surface area contributed by atoms with Crippen LogP contribution in [0.2, 0.25) is 18.1 Å². The Hall–Kier alpha value is -2.00. The number of Topliss-reactive ketones (excluding diaryl/α,β-unsaturated/α-hetero) is 1. The van der Waals surface area contributed by atoms with Gasteiger partial charge < -0.3 is 19.2 Å². The number of ketones is 1. The summed E-state index contributed by atoms with van der Waals surface area (Å²) in [5, 5.41) is 6.19. The third kappa shape index (κ3) is 13.0. The predicted octanol–water partition coefficient (Wildman–Crippen LogP) is 7.85. The summed E-state index contributed by atoms with van der Waals surface area (Å²) in [6.45, 7) is 25.7. The third-order valence-electron chi connectivity index (χ3n) is 11.9. The highest BCUT2D eigenvalue weighted by molar-refractivity contribution is 7.09. The lowest BCUT2D eigenvalue weighted by Gasteiger charge is -2.44. The zero-order valence-corrected chi connectivity index (χ0v) is 36.7. The highest BCUT2D eigenvalue weighted by Gasteiger charge is 2.53. The van der Waals surface area contributed by atoms with Gasteiger partial charge in [0.05, 0.1) is 53.5 Å². The number of fused-ring (bicyclic) bond motifs is 1. The van der Waals surface area contributed by atoms with E-state index in [-0.39, 0.29) is 59.3 Å². The van der Waals surface area contributed by atoms with Crippen molar-refractivity contribution in [2.75, 3.05) is 13.7 Å². The van der Waals surface area contributed by atoms with E-state index in [2.05, 4.69) is 69.0 Å². The van der Waals surface area contributed by atoms with E-state index in [9.17, 15) is 14.4 Å². The van der Waals surface area contributed by atoms with Gasteiger partial charge in [0.2, 0.25) is 5.91 Å². The fourth-order valence-electron chi connectivity index (χ4n) is 7.09. The highest BCUT2D eigenvalue weighted by atomic mass is 32.1. The number of hydrazine groups is 1. The monoisotopic (exact) mass is 778 g/mol. The number of carbonyl (C=O) groups is 3. The van der Waals surface area contributed by atoms with Crippen LogP contribution in [0.25, 0.3) is 6.08 Å². The first-order valence-electron chi connectivity index (χ1n) is 19.6. The van der Waals surface area contributed by atoms with Crippen LogP contribution in [0.3, 0.4) is 0 Å². The summed E-state index contributed by atoms with van der Waals surface area (Å²) in [7, 11) is -0.743. The molecule has 2 fully saturated rings. The van der Waals surface area contributed by atoms with Crippen LogP contribution >= 0.6 is 11.3 Å². The molecular formula is C40H70N4O7SSi. The van der Waals surface area contributed by atoms with Gasteiger partial charge in [-0.1, -0.05) is 47.5 Å². The van der Waals surface area contributed by atoms with Crippen LogP contribution in [-0.2, 0) is 33.1 Å². The van der Waals surface area contributed by atoms with Gasteiger partial charge in [0.25, 0.3) is 0 Å². The average Bonchev–Trinajstić information content (AvgIpc) is 3.51. The number of nitrogens with one attached hydrogen (secondary N) is 3. The van der Waals surface area contributed by atoms with E-state index < -0.39 is 31.7 Å². The second kappa shape index (κ2) is 19.2. The van der Waals surface area contributed by atoms with Crippen LogP contribution in [0.1, 0.15) is 131 Å². The molecule has 1 aromatic heterocycles. The molecule has 0 aliphatic carbocycles. The van der Waals surface area contributed by atoms with Crippen LogP contribution in [0, 0.1) is 24.2 Å². The lowest BCUT2D eigenvalue weighted by molar-refractivity contribution is -0.162. The molecule has 0 spiro atoms. The minimum atomic E-state index is -2.28.